The largest absolute Gasteiger partial charge is 0.466 e. The van der Waals surface area contributed by atoms with Crippen LogP contribution in [0.4, 0.5) is 5.69 Å². The van der Waals surface area contributed by atoms with Crippen molar-refractivity contribution in [2.24, 2.45) is 0 Å². The van der Waals surface area contributed by atoms with Crippen molar-refractivity contribution < 1.29 is 30.8 Å². The number of benzene rings is 2. The number of carbonyl (C=O) groups is 2. The van der Waals surface area contributed by atoms with Crippen molar-refractivity contribution in [1.82, 2.24) is 10.2 Å². The number of hydrogen-bond acceptors (Lipinski definition) is 8. The number of non-ortho nitro benzene ring substituents is 1. The van der Waals surface area contributed by atoms with Gasteiger partial charge in [0.05, 0.1) is 36.0 Å². The lowest BCUT2D eigenvalue weighted by Crippen LogP contribution is -2.41. The number of nitrogens with zero attached hydrogens (tertiary/aromatic N) is 2. The van der Waals surface area contributed by atoms with E-state index in [0.29, 0.717) is 36.3 Å². The van der Waals surface area contributed by atoms with Crippen LogP contribution in [0.15, 0.2) is 77.0 Å². The van der Waals surface area contributed by atoms with E-state index >= 15 is 0 Å². The minimum Gasteiger partial charge on any atom is -0.466 e. The van der Waals surface area contributed by atoms with Crippen molar-refractivity contribution in [3.8, 4) is 0 Å². The average molecular weight is 547 g/mol. The molecular formula is C28H32ClN3O6. The molecule has 38 heavy (non-hydrogen) atoms. The van der Waals surface area contributed by atoms with Crippen LogP contribution in [0.5, 0.6) is 0 Å². The normalized spacial score (nSPS) is 21.6. The third kappa shape index (κ3) is 6.41. The maximum Gasteiger partial charge on any atom is 0.337 e. The third-order valence-electron chi connectivity index (χ3n) is 6.47. The summed E-state index contributed by atoms with van der Waals surface area (Å²) >= 11 is 0. The number of likely N-dealkylation sites (tertiary alicyclic amines) is 1. The Morgan fingerprint density at radius 3 is 2.50 bits per heavy atom. The molecule has 2 aliphatic heterocycles. The predicted octanol–water partition coefficient (Wildman–Crippen LogP) is 4.63. The highest BCUT2D eigenvalue weighted by Crippen LogP contribution is 2.40. The van der Waals surface area contributed by atoms with Gasteiger partial charge in [-0.05, 0) is 44.4 Å². The summed E-state index contributed by atoms with van der Waals surface area (Å²) in [7, 11) is 1.21. The first-order valence-electron chi connectivity index (χ1n) is 14.4. The molecule has 2 atom stereocenters. The molecule has 10 heteroatoms. The van der Waals surface area contributed by atoms with Crippen LogP contribution in [-0.4, -0.2) is 48.1 Å². The fraction of sp³-hybridized carbons (Fsp3) is 0.357. The fourth-order valence-corrected chi connectivity index (χ4v) is 4.84. The molecule has 0 bridgehead atoms. The molecule has 0 radical (unpaired) electrons. The summed E-state index contributed by atoms with van der Waals surface area (Å²) in [6, 6.07) is 3.90. The highest BCUT2D eigenvalue weighted by atomic mass is 35.5. The summed E-state index contributed by atoms with van der Waals surface area (Å²) in [6.45, 7) is 4.22. The molecule has 2 aromatic carbocycles. The van der Waals surface area contributed by atoms with Crippen LogP contribution >= 0.6 is 12.4 Å². The molecule has 4 rings (SSSR count). The molecule has 0 amide bonds. The van der Waals surface area contributed by atoms with Crippen molar-refractivity contribution in [3.63, 3.8) is 0 Å². The van der Waals surface area contributed by atoms with Gasteiger partial charge in [0.15, 0.2) is 0 Å². The van der Waals surface area contributed by atoms with E-state index in [-0.39, 0.29) is 60.0 Å². The standard InChI is InChI=1S/C28H31N3O6.ClH/c1-18-24(27(32)36-3)26(21-11-7-12-22(15-21)31(34)35)25(19(2)29-18)28(33)37-23-13-8-14-30(17-23)16-20-9-5-4-6-10-20;/h4-7,9-12,15,23,26,29H,8,13-14,16-17H2,1-3H3;1H/t23-,26-;/m1./s1/i4D,5D,6D,9D,10D;. The smallest absolute Gasteiger partial charge is 0.337 e. The Morgan fingerprint density at radius 1 is 1.16 bits per heavy atom. The second-order valence-corrected chi connectivity index (χ2v) is 8.99. The van der Waals surface area contributed by atoms with Gasteiger partial charge in [0.2, 0.25) is 0 Å². The number of nitro benzene ring substituents is 1. The molecule has 2 heterocycles. The van der Waals surface area contributed by atoms with Gasteiger partial charge >= 0.3 is 11.9 Å². The van der Waals surface area contributed by atoms with E-state index in [2.05, 4.69) is 5.32 Å². The Morgan fingerprint density at radius 2 is 1.84 bits per heavy atom. The number of piperidine rings is 1. The van der Waals surface area contributed by atoms with Gasteiger partial charge < -0.3 is 14.8 Å². The number of hydrogen-bond donors (Lipinski definition) is 1. The number of methoxy groups -OCH3 is 1. The number of ether oxygens (including phenoxy) is 2. The predicted molar refractivity (Wildman–Crippen MR) is 144 cm³/mol. The Hall–Kier alpha value is -3.69. The summed E-state index contributed by atoms with van der Waals surface area (Å²) in [6.07, 6.45) is 0.576. The van der Waals surface area contributed by atoms with Gasteiger partial charge in [0.1, 0.15) is 6.10 Å². The minimum absolute atomic E-state index is 0. The molecule has 0 unspecified atom stereocenters. The number of carbonyl (C=O) groups excluding carboxylic acids is 2. The average Bonchev–Trinajstić information content (AvgIpc) is 2.96. The van der Waals surface area contributed by atoms with E-state index in [1.807, 2.05) is 4.90 Å². The van der Waals surface area contributed by atoms with E-state index in [9.17, 15) is 19.7 Å². The molecule has 0 aliphatic carbocycles. The van der Waals surface area contributed by atoms with Crippen molar-refractivity contribution in [2.45, 2.75) is 45.3 Å². The molecular weight excluding hydrogens is 510 g/mol. The molecule has 2 aromatic rings. The van der Waals surface area contributed by atoms with E-state index in [4.69, 9.17) is 16.3 Å². The van der Waals surface area contributed by atoms with Crippen LogP contribution in [0.3, 0.4) is 0 Å². The van der Waals surface area contributed by atoms with Gasteiger partial charge in [0, 0.05) is 36.6 Å². The zero-order valence-electron chi connectivity index (χ0n) is 26.3. The van der Waals surface area contributed by atoms with Crippen LogP contribution in [-0.2, 0) is 25.6 Å². The maximum atomic E-state index is 13.8. The third-order valence-corrected chi connectivity index (χ3v) is 6.47. The minimum atomic E-state index is -0.989. The molecule has 1 saturated heterocycles. The molecule has 2 aliphatic rings. The second kappa shape index (κ2) is 12.7. The summed E-state index contributed by atoms with van der Waals surface area (Å²) in [4.78, 5) is 39.5. The van der Waals surface area contributed by atoms with E-state index in [0.717, 1.165) is 0 Å². The van der Waals surface area contributed by atoms with Crippen molar-refractivity contribution in [3.05, 3.63) is 98.3 Å². The lowest BCUT2D eigenvalue weighted by molar-refractivity contribution is -0.384. The highest BCUT2D eigenvalue weighted by Gasteiger charge is 2.39. The van der Waals surface area contributed by atoms with Gasteiger partial charge in [0.25, 0.3) is 5.69 Å². The van der Waals surface area contributed by atoms with Gasteiger partial charge in [-0.25, -0.2) is 9.59 Å². The van der Waals surface area contributed by atoms with E-state index in [1.165, 1.54) is 25.3 Å². The fourth-order valence-electron chi connectivity index (χ4n) is 4.84. The SMILES string of the molecule is Cl.[2H]c1c([2H])c([2H])c(CN2CCC[C@@H](OC(=O)C3=C(C)NC(C)=C(C(=O)OC)[C@H]3c3cccc([N+](=O)[O-])c3)C2)c([2H])c1[2H]. The Labute approximate surface area is 235 Å². The summed E-state index contributed by atoms with van der Waals surface area (Å²) < 4.78 is 51.1. The number of rotatable bonds is 7. The van der Waals surface area contributed by atoms with Crippen molar-refractivity contribution >= 4 is 30.0 Å². The highest BCUT2D eigenvalue weighted by molar-refractivity contribution is 6.00. The monoisotopic (exact) mass is 546 g/mol. The topological polar surface area (TPSA) is 111 Å². The van der Waals surface area contributed by atoms with Crippen molar-refractivity contribution in [2.75, 3.05) is 20.2 Å². The van der Waals surface area contributed by atoms with Gasteiger partial charge in [-0.3, -0.25) is 15.0 Å². The number of dihydropyridines is 1. The molecule has 1 N–H and O–H groups in total. The van der Waals surface area contributed by atoms with E-state index in [1.54, 1.807) is 19.9 Å². The quantitative estimate of drug-likeness (QED) is 0.304. The molecule has 1 fully saturated rings. The first kappa shape index (κ1) is 22.3. The molecule has 9 nitrogen and oxygen atoms in total. The first-order chi connectivity index (χ1) is 19.8. The Kier molecular flexibility index (Phi) is 7.46. The lowest BCUT2D eigenvalue weighted by atomic mass is 9.80. The molecule has 0 spiro atoms. The maximum absolute atomic E-state index is 13.8. The first-order valence-corrected chi connectivity index (χ1v) is 11.9. The van der Waals surface area contributed by atoms with Gasteiger partial charge in [-0.1, -0.05) is 42.3 Å². The number of allylic oxidation sites excluding steroid dienone is 2. The van der Waals surface area contributed by atoms with E-state index < -0.39 is 47.0 Å². The Balaban J connectivity index is 0.00000506. The lowest BCUT2D eigenvalue weighted by Gasteiger charge is -2.34. The van der Waals surface area contributed by atoms with Crippen molar-refractivity contribution in [1.29, 1.82) is 0 Å². The number of nitro groups is 1. The zero-order chi connectivity index (χ0) is 30.9. The molecule has 0 saturated carbocycles. The summed E-state index contributed by atoms with van der Waals surface area (Å²) in [5, 5.41) is 14.5. The number of nitrogens with one attached hydrogen (secondary N) is 1. The summed E-state index contributed by atoms with van der Waals surface area (Å²) in [5.74, 6) is -2.39. The van der Waals surface area contributed by atoms with Crippen LogP contribution in [0.25, 0.3) is 0 Å². The van der Waals surface area contributed by atoms with Crippen LogP contribution in [0.1, 0.15) is 50.6 Å². The summed E-state index contributed by atoms with van der Waals surface area (Å²) in [5.41, 5.74) is 1.42. The Bertz CT molecular complexity index is 1500. The second-order valence-electron chi connectivity index (χ2n) is 8.99. The van der Waals surface area contributed by atoms with Gasteiger partial charge in [-0.15, -0.1) is 12.4 Å². The van der Waals surface area contributed by atoms with Crippen LogP contribution in [0, 0.1) is 10.1 Å². The van der Waals surface area contributed by atoms with Crippen LogP contribution < -0.4 is 5.32 Å². The van der Waals surface area contributed by atoms with Gasteiger partial charge in [-0.2, -0.15) is 0 Å². The number of esters is 2. The van der Waals surface area contributed by atoms with Crippen LogP contribution in [0.2, 0.25) is 0 Å². The zero-order valence-corrected chi connectivity index (χ0v) is 22.1. The number of halogens is 1. The molecule has 202 valence electrons. The molecule has 0 aromatic heterocycles.